The molecule has 0 amide bonds. The zero-order chi connectivity index (χ0) is 15.3. The first-order valence-corrected chi connectivity index (χ1v) is 6.93. The van der Waals surface area contributed by atoms with Crippen LogP contribution in [0, 0.1) is 5.82 Å². The first kappa shape index (κ1) is 14.3. The Labute approximate surface area is 124 Å². The normalized spacial score (nSPS) is 20.0. The standard InChI is InChI=1S/C15H18BFN2O2/c1-14(2)15(3,4)21-16(20-14)11-7-12(17)9-13(8-11)19-6-5-18-10-19/h5-10H,1-4H3. The van der Waals surface area contributed by atoms with Gasteiger partial charge in [0.1, 0.15) is 5.82 Å². The minimum atomic E-state index is -0.576. The number of halogens is 1. The lowest BCUT2D eigenvalue weighted by atomic mass is 9.79. The SMILES string of the molecule is CC1(C)OB(c2cc(F)cc(-n3ccnc3)c2)OC1(C)C. The Balaban J connectivity index is 1.97. The molecule has 0 saturated carbocycles. The maximum Gasteiger partial charge on any atom is 0.495 e. The lowest BCUT2D eigenvalue weighted by Gasteiger charge is -2.32. The predicted molar refractivity (Wildman–Crippen MR) is 79.2 cm³/mol. The van der Waals surface area contributed by atoms with E-state index in [0.717, 1.165) is 0 Å². The Morgan fingerprint density at radius 3 is 2.33 bits per heavy atom. The van der Waals surface area contributed by atoms with Gasteiger partial charge in [-0.3, -0.25) is 0 Å². The molecule has 0 aliphatic carbocycles. The summed E-state index contributed by atoms with van der Waals surface area (Å²) in [5.41, 5.74) is 0.466. The van der Waals surface area contributed by atoms with Crippen molar-refractivity contribution in [2.45, 2.75) is 38.9 Å². The molecule has 0 unspecified atom stereocenters. The predicted octanol–water partition coefficient (Wildman–Crippen LogP) is 2.31. The van der Waals surface area contributed by atoms with Gasteiger partial charge in [-0.05, 0) is 51.4 Å². The van der Waals surface area contributed by atoms with Crippen molar-refractivity contribution in [1.82, 2.24) is 9.55 Å². The molecular weight excluding hydrogens is 270 g/mol. The quantitative estimate of drug-likeness (QED) is 0.796. The highest BCUT2D eigenvalue weighted by molar-refractivity contribution is 6.62. The fourth-order valence-electron chi connectivity index (χ4n) is 2.27. The maximum absolute atomic E-state index is 13.9. The van der Waals surface area contributed by atoms with E-state index in [0.29, 0.717) is 11.2 Å². The molecule has 0 spiro atoms. The van der Waals surface area contributed by atoms with Crippen molar-refractivity contribution in [3.05, 3.63) is 42.7 Å². The summed E-state index contributed by atoms with van der Waals surface area (Å²) < 4.78 is 27.6. The van der Waals surface area contributed by atoms with Crippen LogP contribution in [-0.2, 0) is 9.31 Å². The summed E-state index contributed by atoms with van der Waals surface area (Å²) in [7, 11) is -0.576. The molecule has 0 radical (unpaired) electrons. The van der Waals surface area contributed by atoms with Gasteiger partial charge in [0.15, 0.2) is 0 Å². The summed E-state index contributed by atoms with van der Waals surface area (Å²) in [6.45, 7) is 7.90. The molecule has 0 N–H and O–H groups in total. The molecule has 1 saturated heterocycles. The van der Waals surface area contributed by atoms with Gasteiger partial charge in [0.05, 0.1) is 17.5 Å². The number of benzene rings is 1. The monoisotopic (exact) mass is 288 g/mol. The van der Waals surface area contributed by atoms with E-state index in [4.69, 9.17) is 9.31 Å². The van der Waals surface area contributed by atoms with Gasteiger partial charge < -0.3 is 13.9 Å². The van der Waals surface area contributed by atoms with Gasteiger partial charge in [-0.15, -0.1) is 0 Å². The van der Waals surface area contributed by atoms with E-state index in [1.54, 1.807) is 23.3 Å². The third-order valence-corrected chi connectivity index (χ3v) is 4.23. The average Bonchev–Trinajstić information content (AvgIpc) is 2.96. The van der Waals surface area contributed by atoms with Crippen LogP contribution in [0.15, 0.2) is 36.9 Å². The Hall–Kier alpha value is -1.66. The summed E-state index contributed by atoms with van der Waals surface area (Å²) in [5.74, 6) is -0.328. The van der Waals surface area contributed by atoms with E-state index in [1.807, 2.05) is 33.8 Å². The molecule has 3 rings (SSSR count). The van der Waals surface area contributed by atoms with Gasteiger partial charge in [0, 0.05) is 18.1 Å². The third kappa shape index (κ3) is 2.49. The van der Waals surface area contributed by atoms with Crippen LogP contribution >= 0.6 is 0 Å². The summed E-state index contributed by atoms with van der Waals surface area (Å²) in [6, 6.07) is 4.76. The minimum Gasteiger partial charge on any atom is -0.399 e. The topological polar surface area (TPSA) is 36.3 Å². The van der Waals surface area contributed by atoms with Crippen LogP contribution in [0.5, 0.6) is 0 Å². The molecule has 4 nitrogen and oxygen atoms in total. The van der Waals surface area contributed by atoms with Crippen LogP contribution in [0.4, 0.5) is 4.39 Å². The van der Waals surface area contributed by atoms with E-state index in [2.05, 4.69) is 4.98 Å². The van der Waals surface area contributed by atoms with Crippen molar-refractivity contribution in [1.29, 1.82) is 0 Å². The van der Waals surface area contributed by atoms with Crippen LogP contribution in [0.1, 0.15) is 27.7 Å². The number of imidazole rings is 1. The zero-order valence-electron chi connectivity index (χ0n) is 12.6. The van der Waals surface area contributed by atoms with Crippen molar-refractivity contribution in [3.63, 3.8) is 0 Å². The van der Waals surface area contributed by atoms with Gasteiger partial charge in [-0.1, -0.05) is 0 Å². The molecule has 1 fully saturated rings. The maximum atomic E-state index is 13.9. The summed E-state index contributed by atoms with van der Waals surface area (Å²) in [5, 5.41) is 0. The second kappa shape index (κ2) is 4.68. The second-order valence-electron chi connectivity index (χ2n) is 6.30. The van der Waals surface area contributed by atoms with E-state index < -0.39 is 18.3 Å². The van der Waals surface area contributed by atoms with Crippen molar-refractivity contribution in [2.75, 3.05) is 0 Å². The number of aromatic nitrogens is 2. The van der Waals surface area contributed by atoms with Crippen molar-refractivity contribution in [2.24, 2.45) is 0 Å². The number of nitrogens with zero attached hydrogens (tertiary/aromatic N) is 2. The molecule has 0 atom stereocenters. The molecule has 0 bridgehead atoms. The van der Waals surface area contributed by atoms with Gasteiger partial charge in [0.25, 0.3) is 0 Å². The summed E-state index contributed by atoms with van der Waals surface area (Å²) >= 11 is 0. The van der Waals surface area contributed by atoms with Crippen molar-refractivity contribution < 1.29 is 13.7 Å². The second-order valence-corrected chi connectivity index (χ2v) is 6.30. The van der Waals surface area contributed by atoms with Crippen molar-refractivity contribution >= 4 is 12.6 Å². The molecule has 1 aliphatic rings. The molecule has 1 aromatic heterocycles. The van der Waals surface area contributed by atoms with E-state index >= 15 is 0 Å². The van der Waals surface area contributed by atoms with Gasteiger partial charge in [-0.2, -0.15) is 0 Å². The molecule has 6 heteroatoms. The highest BCUT2D eigenvalue weighted by atomic mass is 19.1. The molecule has 1 aliphatic heterocycles. The Morgan fingerprint density at radius 1 is 1.10 bits per heavy atom. The zero-order valence-corrected chi connectivity index (χ0v) is 12.6. The van der Waals surface area contributed by atoms with Gasteiger partial charge in [0.2, 0.25) is 0 Å². The van der Waals surface area contributed by atoms with Crippen LogP contribution in [0.2, 0.25) is 0 Å². The number of rotatable bonds is 2. The molecule has 2 heterocycles. The highest BCUT2D eigenvalue weighted by Gasteiger charge is 2.51. The first-order chi connectivity index (χ1) is 9.78. The molecule has 2 aromatic rings. The van der Waals surface area contributed by atoms with Crippen LogP contribution < -0.4 is 5.46 Å². The number of hydrogen-bond acceptors (Lipinski definition) is 3. The fourth-order valence-corrected chi connectivity index (χ4v) is 2.27. The molecule has 1 aromatic carbocycles. The highest BCUT2D eigenvalue weighted by Crippen LogP contribution is 2.36. The van der Waals surface area contributed by atoms with E-state index in [9.17, 15) is 4.39 Å². The summed E-state index contributed by atoms with van der Waals surface area (Å²) in [6.07, 6.45) is 5.05. The Kier molecular flexibility index (Phi) is 3.18. The first-order valence-electron chi connectivity index (χ1n) is 6.93. The average molecular weight is 288 g/mol. The third-order valence-electron chi connectivity index (χ3n) is 4.23. The Bertz CT molecular complexity index is 640. The van der Waals surface area contributed by atoms with Crippen LogP contribution in [0.3, 0.4) is 0 Å². The van der Waals surface area contributed by atoms with Crippen molar-refractivity contribution in [3.8, 4) is 5.69 Å². The molecular formula is C15H18BFN2O2. The van der Waals surface area contributed by atoms with E-state index in [-0.39, 0.29) is 5.82 Å². The van der Waals surface area contributed by atoms with E-state index in [1.165, 1.54) is 12.1 Å². The smallest absolute Gasteiger partial charge is 0.399 e. The van der Waals surface area contributed by atoms with Gasteiger partial charge >= 0.3 is 7.12 Å². The lowest BCUT2D eigenvalue weighted by molar-refractivity contribution is 0.00578. The largest absolute Gasteiger partial charge is 0.495 e. The molecule has 110 valence electrons. The van der Waals surface area contributed by atoms with Crippen LogP contribution in [0.25, 0.3) is 5.69 Å². The summed E-state index contributed by atoms with van der Waals surface area (Å²) in [4.78, 5) is 3.98. The lowest BCUT2D eigenvalue weighted by Crippen LogP contribution is -2.41. The Morgan fingerprint density at radius 2 is 1.76 bits per heavy atom. The minimum absolute atomic E-state index is 0.328. The molecule has 21 heavy (non-hydrogen) atoms. The van der Waals surface area contributed by atoms with Crippen LogP contribution in [-0.4, -0.2) is 27.9 Å². The number of hydrogen-bond donors (Lipinski definition) is 0. The fraction of sp³-hybridized carbons (Fsp3) is 0.400. The van der Waals surface area contributed by atoms with Gasteiger partial charge in [-0.25, -0.2) is 9.37 Å².